The van der Waals surface area contributed by atoms with Gasteiger partial charge in [-0.1, -0.05) is 0 Å². The minimum atomic E-state index is -0.676. The van der Waals surface area contributed by atoms with Gasteiger partial charge in [0.15, 0.2) is 23.4 Å². The molecule has 0 amide bonds. The van der Waals surface area contributed by atoms with E-state index in [-0.39, 0.29) is 16.7 Å². The van der Waals surface area contributed by atoms with E-state index in [0.29, 0.717) is 6.29 Å². The van der Waals surface area contributed by atoms with E-state index < -0.39 is 11.6 Å². The van der Waals surface area contributed by atoms with Crippen molar-refractivity contribution in [3.05, 3.63) is 35.6 Å². The number of carbonyl (C=O) groups excluding carboxylic acids is 1. The number of fused-ring (bicyclic) bond motifs is 1. The second-order valence-corrected chi connectivity index (χ2v) is 2.54. The number of benzene rings is 1. The first kappa shape index (κ1) is 7.91. The Morgan fingerprint density at radius 1 is 1.23 bits per heavy atom. The maximum atomic E-state index is 13.0. The highest BCUT2D eigenvalue weighted by atomic mass is 19.1. The lowest BCUT2D eigenvalue weighted by molar-refractivity contribution is 0.110. The molecule has 1 aromatic heterocycles. The molecule has 0 fully saturated rings. The van der Waals surface area contributed by atoms with Crippen LogP contribution in [-0.4, -0.2) is 6.29 Å². The Kier molecular flexibility index (Phi) is 1.62. The Morgan fingerprint density at radius 2 is 1.92 bits per heavy atom. The highest BCUT2D eigenvalue weighted by Crippen LogP contribution is 2.23. The van der Waals surface area contributed by atoms with Crippen molar-refractivity contribution in [3.8, 4) is 0 Å². The predicted molar refractivity (Wildman–Crippen MR) is 41.5 cm³/mol. The maximum absolute atomic E-state index is 13.0. The third-order valence-corrected chi connectivity index (χ3v) is 1.72. The van der Waals surface area contributed by atoms with E-state index in [1.165, 1.54) is 6.07 Å². The number of carbonyl (C=O) groups is 1. The van der Waals surface area contributed by atoms with Crippen LogP contribution in [0.4, 0.5) is 8.78 Å². The minimum absolute atomic E-state index is 0.0119. The minimum Gasteiger partial charge on any atom is -0.450 e. The van der Waals surface area contributed by atoms with Crippen molar-refractivity contribution in [1.29, 1.82) is 0 Å². The van der Waals surface area contributed by atoms with E-state index in [0.717, 1.165) is 12.1 Å². The standard InChI is InChI=1S/C9H4F2O2/c10-7-1-2-8(11)9-6(7)3-5(4-12)13-9/h1-4H. The van der Waals surface area contributed by atoms with Gasteiger partial charge in [-0.3, -0.25) is 4.79 Å². The predicted octanol–water partition coefficient (Wildman–Crippen LogP) is 2.52. The van der Waals surface area contributed by atoms with Crippen LogP contribution in [-0.2, 0) is 0 Å². The van der Waals surface area contributed by atoms with Crippen molar-refractivity contribution in [2.24, 2.45) is 0 Å². The van der Waals surface area contributed by atoms with Crippen LogP contribution >= 0.6 is 0 Å². The molecule has 0 atom stereocenters. The molecule has 2 rings (SSSR count). The molecule has 0 unspecified atom stereocenters. The van der Waals surface area contributed by atoms with Crippen molar-refractivity contribution in [3.63, 3.8) is 0 Å². The molecule has 66 valence electrons. The highest BCUT2D eigenvalue weighted by molar-refractivity contribution is 5.85. The Morgan fingerprint density at radius 3 is 2.54 bits per heavy atom. The fourth-order valence-corrected chi connectivity index (χ4v) is 1.13. The monoisotopic (exact) mass is 182 g/mol. The summed E-state index contributed by atoms with van der Waals surface area (Å²) >= 11 is 0. The molecule has 0 radical (unpaired) electrons. The summed E-state index contributed by atoms with van der Waals surface area (Å²) in [5.41, 5.74) is -0.220. The smallest absolute Gasteiger partial charge is 0.185 e. The van der Waals surface area contributed by atoms with Crippen molar-refractivity contribution < 1.29 is 18.0 Å². The van der Waals surface area contributed by atoms with Gasteiger partial charge in [-0.2, -0.15) is 0 Å². The van der Waals surface area contributed by atoms with Gasteiger partial charge in [0.25, 0.3) is 0 Å². The summed E-state index contributed by atoms with van der Waals surface area (Å²) < 4.78 is 30.7. The molecule has 4 heteroatoms. The van der Waals surface area contributed by atoms with Crippen LogP contribution in [0.2, 0.25) is 0 Å². The molecule has 0 spiro atoms. The molecular weight excluding hydrogens is 178 g/mol. The molecule has 0 aliphatic rings. The normalized spacial score (nSPS) is 10.6. The van der Waals surface area contributed by atoms with Crippen molar-refractivity contribution >= 4 is 17.3 Å². The molecule has 0 bridgehead atoms. The van der Waals surface area contributed by atoms with E-state index >= 15 is 0 Å². The average Bonchev–Trinajstić information content (AvgIpc) is 2.56. The Balaban J connectivity index is 2.87. The first-order chi connectivity index (χ1) is 6.22. The van der Waals surface area contributed by atoms with E-state index in [1.807, 2.05) is 0 Å². The number of aldehydes is 1. The van der Waals surface area contributed by atoms with Gasteiger partial charge in [0.2, 0.25) is 0 Å². The molecule has 0 saturated heterocycles. The molecule has 13 heavy (non-hydrogen) atoms. The molecule has 2 aromatic rings. The van der Waals surface area contributed by atoms with Gasteiger partial charge in [-0.05, 0) is 18.2 Å². The Hall–Kier alpha value is -1.71. The van der Waals surface area contributed by atoms with Crippen molar-refractivity contribution in [2.45, 2.75) is 0 Å². The molecule has 0 saturated carbocycles. The van der Waals surface area contributed by atoms with Crippen LogP contribution in [0.15, 0.2) is 22.6 Å². The van der Waals surface area contributed by atoms with E-state index in [9.17, 15) is 13.6 Å². The van der Waals surface area contributed by atoms with E-state index in [2.05, 4.69) is 0 Å². The fourth-order valence-electron chi connectivity index (χ4n) is 1.13. The summed E-state index contributed by atoms with van der Waals surface area (Å²) in [6.07, 6.45) is 0.402. The quantitative estimate of drug-likeness (QED) is 0.634. The second-order valence-electron chi connectivity index (χ2n) is 2.54. The molecule has 0 aliphatic carbocycles. The van der Waals surface area contributed by atoms with Crippen LogP contribution in [0.3, 0.4) is 0 Å². The maximum Gasteiger partial charge on any atom is 0.185 e. The number of hydrogen-bond acceptors (Lipinski definition) is 2. The summed E-state index contributed by atoms with van der Waals surface area (Å²) in [7, 11) is 0. The van der Waals surface area contributed by atoms with E-state index in [1.54, 1.807) is 0 Å². The van der Waals surface area contributed by atoms with Crippen molar-refractivity contribution in [1.82, 2.24) is 0 Å². The van der Waals surface area contributed by atoms with Gasteiger partial charge in [0.1, 0.15) is 5.82 Å². The Bertz CT molecular complexity index is 435. The first-order valence-corrected chi connectivity index (χ1v) is 3.55. The van der Waals surface area contributed by atoms with Crippen LogP contribution < -0.4 is 0 Å². The molecule has 0 N–H and O–H groups in total. The summed E-state index contributed by atoms with van der Waals surface area (Å²) in [6.45, 7) is 0. The summed E-state index contributed by atoms with van der Waals surface area (Å²) in [5, 5.41) is -0.0119. The SMILES string of the molecule is O=Cc1cc2c(F)ccc(F)c2o1. The first-order valence-electron chi connectivity index (χ1n) is 3.55. The van der Waals surface area contributed by atoms with Gasteiger partial charge >= 0.3 is 0 Å². The van der Waals surface area contributed by atoms with E-state index in [4.69, 9.17) is 4.42 Å². The third-order valence-electron chi connectivity index (χ3n) is 1.72. The largest absolute Gasteiger partial charge is 0.450 e. The van der Waals surface area contributed by atoms with Crippen molar-refractivity contribution in [2.75, 3.05) is 0 Å². The molecular formula is C9H4F2O2. The number of rotatable bonds is 1. The number of hydrogen-bond donors (Lipinski definition) is 0. The molecule has 2 nitrogen and oxygen atoms in total. The zero-order chi connectivity index (χ0) is 9.42. The summed E-state index contributed by atoms with van der Waals surface area (Å²) in [5.74, 6) is -1.36. The lowest BCUT2D eigenvalue weighted by Crippen LogP contribution is -1.78. The fraction of sp³-hybridized carbons (Fsp3) is 0. The van der Waals surface area contributed by atoms with Gasteiger partial charge in [-0.15, -0.1) is 0 Å². The Labute approximate surface area is 71.8 Å². The van der Waals surface area contributed by atoms with Crippen LogP contribution in [0.25, 0.3) is 11.0 Å². The average molecular weight is 182 g/mol. The van der Waals surface area contributed by atoms with Crippen LogP contribution in [0.1, 0.15) is 10.6 Å². The van der Waals surface area contributed by atoms with Gasteiger partial charge in [0, 0.05) is 0 Å². The number of halogens is 2. The lowest BCUT2D eigenvalue weighted by Gasteiger charge is -1.90. The zero-order valence-corrected chi connectivity index (χ0v) is 6.38. The number of furan rings is 1. The van der Waals surface area contributed by atoms with Crippen LogP contribution in [0.5, 0.6) is 0 Å². The lowest BCUT2D eigenvalue weighted by atomic mass is 10.2. The van der Waals surface area contributed by atoms with Gasteiger partial charge in [-0.25, -0.2) is 8.78 Å². The van der Waals surface area contributed by atoms with Gasteiger partial charge in [0.05, 0.1) is 5.39 Å². The molecule has 1 aromatic carbocycles. The molecule has 1 heterocycles. The molecule has 0 aliphatic heterocycles. The summed E-state index contributed by atoms with van der Waals surface area (Å²) in [6, 6.07) is 3.11. The third kappa shape index (κ3) is 1.11. The zero-order valence-electron chi connectivity index (χ0n) is 6.38. The van der Waals surface area contributed by atoms with Gasteiger partial charge < -0.3 is 4.42 Å². The van der Waals surface area contributed by atoms with Crippen LogP contribution in [0, 0.1) is 11.6 Å². The second kappa shape index (κ2) is 2.65. The highest BCUT2D eigenvalue weighted by Gasteiger charge is 2.11. The topological polar surface area (TPSA) is 30.2 Å². The summed E-state index contributed by atoms with van der Waals surface area (Å²) in [4.78, 5) is 10.3.